The van der Waals surface area contributed by atoms with E-state index in [0.717, 1.165) is 30.3 Å². The summed E-state index contributed by atoms with van der Waals surface area (Å²) in [4.78, 5) is 11.3. The summed E-state index contributed by atoms with van der Waals surface area (Å²) >= 11 is 0. The first-order chi connectivity index (χ1) is 11.9. The molecule has 0 spiro atoms. The fourth-order valence-electron chi connectivity index (χ4n) is 3.68. The minimum Gasteiger partial charge on any atom is -0.298 e. The molecule has 2 aliphatic carbocycles. The predicted molar refractivity (Wildman–Crippen MR) is 99.3 cm³/mol. The Hall–Kier alpha value is -2.14. The molecule has 2 aromatic rings. The van der Waals surface area contributed by atoms with Gasteiger partial charge >= 0.3 is 0 Å². The molecule has 0 saturated heterocycles. The van der Waals surface area contributed by atoms with E-state index in [4.69, 9.17) is 0 Å². The number of allylic oxidation sites excluding steroid dienone is 3. The van der Waals surface area contributed by atoms with Crippen LogP contribution in [0.5, 0.6) is 0 Å². The Labute approximate surface area is 147 Å². The SMILES string of the molecule is Cc1ccc(C=O)c2ccn(S(=O)(=O)C3(C)C=C(C4CC4)C=CC3)c12. The summed E-state index contributed by atoms with van der Waals surface area (Å²) in [6, 6.07) is 5.25. The molecule has 1 aromatic heterocycles. The molecule has 4 rings (SSSR count). The van der Waals surface area contributed by atoms with Crippen LogP contribution >= 0.6 is 0 Å². The van der Waals surface area contributed by atoms with E-state index >= 15 is 0 Å². The molecule has 0 N–H and O–H groups in total. The van der Waals surface area contributed by atoms with Crippen LogP contribution in [0.25, 0.3) is 10.9 Å². The molecule has 0 amide bonds. The minimum absolute atomic E-state index is 0.456. The Morgan fingerprint density at radius 1 is 1.24 bits per heavy atom. The fourth-order valence-corrected chi connectivity index (χ4v) is 5.43. The number of carbonyl (C=O) groups is 1. The van der Waals surface area contributed by atoms with Gasteiger partial charge in [0.1, 0.15) is 4.75 Å². The first-order valence-electron chi connectivity index (χ1n) is 8.58. The van der Waals surface area contributed by atoms with Crippen LogP contribution in [0.4, 0.5) is 0 Å². The summed E-state index contributed by atoms with van der Waals surface area (Å²) in [7, 11) is -3.66. The van der Waals surface area contributed by atoms with Crippen molar-refractivity contribution in [1.29, 1.82) is 0 Å². The highest BCUT2D eigenvalue weighted by molar-refractivity contribution is 7.91. The molecular formula is C20H21NO3S. The average Bonchev–Trinajstić information content (AvgIpc) is 3.33. The molecule has 5 heteroatoms. The highest BCUT2D eigenvalue weighted by Crippen LogP contribution is 2.42. The highest BCUT2D eigenvalue weighted by atomic mass is 32.2. The number of nitrogens with zero attached hydrogens (tertiary/aromatic N) is 1. The third kappa shape index (κ3) is 2.41. The monoisotopic (exact) mass is 355 g/mol. The Balaban J connectivity index is 1.90. The number of hydrogen-bond acceptors (Lipinski definition) is 3. The summed E-state index contributed by atoms with van der Waals surface area (Å²) in [5, 5.41) is 0.680. The number of fused-ring (bicyclic) bond motifs is 1. The number of benzene rings is 1. The molecule has 1 atom stereocenters. The zero-order chi connectivity index (χ0) is 17.8. The predicted octanol–water partition coefficient (Wildman–Crippen LogP) is 4.00. The second kappa shape index (κ2) is 5.43. The first-order valence-corrected chi connectivity index (χ1v) is 10.0. The summed E-state index contributed by atoms with van der Waals surface area (Å²) in [5.41, 5.74) is 3.09. The number of aldehydes is 1. The lowest BCUT2D eigenvalue weighted by Crippen LogP contribution is -2.38. The van der Waals surface area contributed by atoms with Crippen LogP contribution in [0.1, 0.15) is 42.1 Å². The number of aromatic nitrogens is 1. The van der Waals surface area contributed by atoms with E-state index in [2.05, 4.69) is 6.08 Å². The lowest BCUT2D eigenvalue weighted by Gasteiger charge is -2.29. The Morgan fingerprint density at radius 3 is 2.68 bits per heavy atom. The van der Waals surface area contributed by atoms with Gasteiger partial charge in [0.15, 0.2) is 6.29 Å². The van der Waals surface area contributed by atoms with Crippen molar-refractivity contribution in [2.24, 2.45) is 5.92 Å². The lowest BCUT2D eigenvalue weighted by atomic mass is 9.95. The average molecular weight is 355 g/mol. The van der Waals surface area contributed by atoms with Crippen LogP contribution in [-0.2, 0) is 10.0 Å². The van der Waals surface area contributed by atoms with E-state index in [1.54, 1.807) is 31.3 Å². The van der Waals surface area contributed by atoms with Gasteiger partial charge in [-0.3, -0.25) is 4.79 Å². The van der Waals surface area contributed by atoms with Gasteiger partial charge in [0.05, 0.1) is 5.52 Å². The molecular weight excluding hydrogens is 334 g/mol. The van der Waals surface area contributed by atoms with Crippen LogP contribution in [0.2, 0.25) is 0 Å². The van der Waals surface area contributed by atoms with Gasteiger partial charge < -0.3 is 0 Å². The van der Waals surface area contributed by atoms with Crippen molar-refractivity contribution in [2.75, 3.05) is 0 Å². The summed E-state index contributed by atoms with van der Waals surface area (Å²) < 4.78 is 27.4. The van der Waals surface area contributed by atoms with E-state index in [0.29, 0.717) is 28.8 Å². The zero-order valence-electron chi connectivity index (χ0n) is 14.4. The Morgan fingerprint density at radius 2 is 2.00 bits per heavy atom. The number of aryl methyl sites for hydroxylation is 1. The van der Waals surface area contributed by atoms with Gasteiger partial charge in [-0.15, -0.1) is 0 Å². The molecule has 2 aliphatic rings. The molecule has 1 saturated carbocycles. The Kier molecular flexibility index (Phi) is 3.55. The van der Waals surface area contributed by atoms with Crippen molar-refractivity contribution in [1.82, 2.24) is 3.97 Å². The van der Waals surface area contributed by atoms with Crippen molar-refractivity contribution >= 4 is 27.2 Å². The van der Waals surface area contributed by atoms with Crippen molar-refractivity contribution in [2.45, 2.75) is 37.9 Å². The highest BCUT2D eigenvalue weighted by Gasteiger charge is 2.41. The maximum Gasteiger partial charge on any atom is 0.248 e. The lowest BCUT2D eigenvalue weighted by molar-refractivity contribution is 0.112. The number of rotatable bonds is 4. The molecule has 4 nitrogen and oxygen atoms in total. The van der Waals surface area contributed by atoms with E-state index in [-0.39, 0.29) is 0 Å². The Bertz CT molecular complexity index is 1040. The fraction of sp³-hybridized carbons (Fsp3) is 0.350. The van der Waals surface area contributed by atoms with E-state index in [1.807, 2.05) is 19.1 Å². The van der Waals surface area contributed by atoms with Crippen LogP contribution < -0.4 is 0 Å². The second-order valence-corrected chi connectivity index (χ2v) is 9.58. The first kappa shape index (κ1) is 16.3. The van der Waals surface area contributed by atoms with Crippen molar-refractivity contribution in [3.63, 3.8) is 0 Å². The third-order valence-electron chi connectivity index (χ3n) is 5.38. The van der Waals surface area contributed by atoms with Gasteiger partial charge in [0.2, 0.25) is 10.0 Å². The maximum absolute atomic E-state index is 13.5. The molecule has 130 valence electrons. The quantitative estimate of drug-likeness (QED) is 0.779. The summed E-state index contributed by atoms with van der Waals surface area (Å²) in [6.45, 7) is 3.66. The van der Waals surface area contributed by atoms with Gasteiger partial charge in [-0.2, -0.15) is 0 Å². The summed E-state index contributed by atoms with van der Waals surface area (Å²) in [6.07, 6.45) is 11.1. The van der Waals surface area contributed by atoms with Crippen molar-refractivity contribution < 1.29 is 13.2 Å². The van der Waals surface area contributed by atoms with E-state index in [1.165, 1.54) is 3.97 Å². The summed E-state index contributed by atoms with van der Waals surface area (Å²) in [5.74, 6) is 0.510. The molecule has 1 heterocycles. The van der Waals surface area contributed by atoms with Gasteiger partial charge in [-0.25, -0.2) is 12.4 Å². The molecule has 25 heavy (non-hydrogen) atoms. The van der Waals surface area contributed by atoms with Crippen LogP contribution in [0.3, 0.4) is 0 Å². The largest absolute Gasteiger partial charge is 0.298 e. The van der Waals surface area contributed by atoms with Crippen LogP contribution in [0, 0.1) is 12.8 Å². The van der Waals surface area contributed by atoms with Gasteiger partial charge in [-0.1, -0.05) is 30.4 Å². The standard InChI is InChI=1S/C20H21NO3S/c1-14-5-6-17(13-22)18-9-11-21(19(14)18)25(23,24)20(2)10-3-4-16(12-20)15-7-8-15/h3-6,9,11-13,15H,7-8,10H2,1-2H3. The van der Waals surface area contributed by atoms with E-state index < -0.39 is 14.8 Å². The number of carbonyl (C=O) groups excluding carboxylic acids is 1. The molecule has 1 unspecified atom stereocenters. The van der Waals surface area contributed by atoms with Gasteiger partial charge in [-0.05, 0) is 56.2 Å². The molecule has 1 fully saturated rings. The van der Waals surface area contributed by atoms with Crippen LogP contribution in [-0.4, -0.2) is 23.4 Å². The molecule has 1 aromatic carbocycles. The third-order valence-corrected chi connectivity index (χ3v) is 7.66. The number of hydrogen-bond donors (Lipinski definition) is 0. The van der Waals surface area contributed by atoms with E-state index in [9.17, 15) is 13.2 Å². The smallest absolute Gasteiger partial charge is 0.248 e. The normalized spacial score (nSPS) is 23.7. The molecule has 0 aliphatic heterocycles. The van der Waals surface area contributed by atoms with Crippen molar-refractivity contribution in [3.05, 3.63) is 59.3 Å². The minimum atomic E-state index is -3.66. The van der Waals surface area contributed by atoms with Gasteiger partial charge in [0.25, 0.3) is 0 Å². The van der Waals surface area contributed by atoms with Crippen molar-refractivity contribution in [3.8, 4) is 0 Å². The topological polar surface area (TPSA) is 56.1 Å². The van der Waals surface area contributed by atoms with Crippen LogP contribution in [0.15, 0.2) is 48.2 Å². The molecule has 0 bridgehead atoms. The zero-order valence-corrected chi connectivity index (χ0v) is 15.2. The van der Waals surface area contributed by atoms with Gasteiger partial charge in [0, 0.05) is 17.1 Å². The molecule has 0 radical (unpaired) electrons. The maximum atomic E-state index is 13.5. The second-order valence-electron chi connectivity index (χ2n) is 7.31.